The van der Waals surface area contributed by atoms with E-state index in [9.17, 15) is 14.4 Å². The smallest absolute Gasteiger partial charge is 0.326 e. The number of nitrogens with zero attached hydrogens (tertiary/aromatic N) is 1. The molecule has 2 atom stereocenters. The number of benzene rings is 2. The summed E-state index contributed by atoms with van der Waals surface area (Å²) in [6, 6.07) is 9.00. The highest BCUT2D eigenvalue weighted by Gasteiger charge is 2.56. The fraction of sp³-hybridized carbons (Fsp3) is 0.375. The van der Waals surface area contributed by atoms with Gasteiger partial charge >= 0.3 is 6.03 Å². The first-order valence-electron chi connectivity index (χ1n) is 11.0. The summed E-state index contributed by atoms with van der Waals surface area (Å²) in [4.78, 5) is 40.5. The van der Waals surface area contributed by atoms with Crippen molar-refractivity contribution in [3.8, 4) is 17.2 Å². The number of nitrogens with one attached hydrogen (secondary N) is 2. The topological polar surface area (TPSA) is 106 Å². The molecule has 3 aliphatic rings. The normalized spacial score (nSPS) is 21.9. The number of hydrogen-bond donors (Lipinski definition) is 2. The third-order valence-corrected chi connectivity index (χ3v) is 6.47. The van der Waals surface area contributed by atoms with Crippen LogP contribution in [0.4, 0.5) is 10.5 Å². The molecule has 0 radical (unpaired) electrons. The number of methoxy groups -OCH3 is 1. The molecular formula is C24H25N3O6. The number of imide groups is 1. The van der Waals surface area contributed by atoms with Gasteiger partial charge < -0.3 is 24.8 Å². The van der Waals surface area contributed by atoms with Crippen LogP contribution in [0.1, 0.15) is 30.9 Å². The van der Waals surface area contributed by atoms with Crippen LogP contribution in [-0.2, 0) is 21.5 Å². The SMILES string of the molecule is COc1ccc2c(c1)CCC[C@@]21NC(=O)N([C@@H](C)C(=O)Nc2ccc3c(c2)OCCO3)C1=O. The Kier molecular flexibility index (Phi) is 5.11. The lowest BCUT2D eigenvalue weighted by atomic mass is 9.76. The minimum atomic E-state index is -1.16. The van der Waals surface area contributed by atoms with Crippen molar-refractivity contribution >= 4 is 23.5 Å². The summed E-state index contributed by atoms with van der Waals surface area (Å²) >= 11 is 0. The van der Waals surface area contributed by atoms with E-state index in [1.54, 1.807) is 38.3 Å². The maximum Gasteiger partial charge on any atom is 0.326 e. The number of amides is 4. The van der Waals surface area contributed by atoms with Crippen molar-refractivity contribution < 1.29 is 28.6 Å². The van der Waals surface area contributed by atoms with Gasteiger partial charge in [0.1, 0.15) is 30.5 Å². The van der Waals surface area contributed by atoms with E-state index < -0.39 is 29.4 Å². The van der Waals surface area contributed by atoms with Gasteiger partial charge in [-0.05, 0) is 61.6 Å². The molecule has 2 N–H and O–H groups in total. The van der Waals surface area contributed by atoms with Gasteiger partial charge in [0.2, 0.25) is 5.91 Å². The molecule has 5 rings (SSSR count). The van der Waals surface area contributed by atoms with E-state index >= 15 is 0 Å². The average Bonchev–Trinajstić information content (AvgIpc) is 3.07. The zero-order valence-corrected chi connectivity index (χ0v) is 18.5. The van der Waals surface area contributed by atoms with E-state index in [-0.39, 0.29) is 0 Å². The van der Waals surface area contributed by atoms with Crippen LogP contribution in [-0.4, -0.2) is 49.1 Å². The highest BCUT2D eigenvalue weighted by Crippen LogP contribution is 2.42. The predicted octanol–water partition coefficient (Wildman–Crippen LogP) is 2.58. The summed E-state index contributed by atoms with van der Waals surface area (Å²) < 4.78 is 16.4. The summed E-state index contributed by atoms with van der Waals surface area (Å²) in [6.45, 7) is 2.44. The molecule has 9 nitrogen and oxygen atoms in total. The number of urea groups is 1. The molecule has 4 amide bonds. The zero-order chi connectivity index (χ0) is 23.2. The highest BCUT2D eigenvalue weighted by atomic mass is 16.6. The Hall–Kier alpha value is -3.75. The molecule has 9 heteroatoms. The van der Waals surface area contributed by atoms with Gasteiger partial charge in [-0.25, -0.2) is 9.69 Å². The van der Waals surface area contributed by atoms with Gasteiger partial charge in [0, 0.05) is 11.8 Å². The number of hydrogen-bond acceptors (Lipinski definition) is 6. The third kappa shape index (κ3) is 3.44. The van der Waals surface area contributed by atoms with Crippen molar-refractivity contribution in [3.63, 3.8) is 0 Å². The fourth-order valence-electron chi connectivity index (χ4n) is 4.78. The van der Waals surface area contributed by atoms with E-state index in [0.717, 1.165) is 28.9 Å². The minimum absolute atomic E-state index is 0.413. The van der Waals surface area contributed by atoms with E-state index in [1.165, 1.54) is 0 Å². The summed E-state index contributed by atoms with van der Waals surface area (Å²) in [5.74, 6) is 0.957. The molecule has 1 saturated heterocycles. The molecule has 172 valence electrons. The molecule has 1 fully saturated rings. The number of ether oxygens (including phenoxy) is 3. The predicted molar refractivity (Wildman–Crippen MR) is 119 cm³/mol. The van der Waals surface area contributed by atoms with Crippen LogP contribution in [0.2, 0.25) is 0 Å². The van der Waals surface area contributed by atoms with Gasteiger partial charge in [-0.1, -0.05) is 6.07 Å². The number of carbonyl (C=O) groups excluding carboxylic acids is 3. The van der Waals surface area contributed by atoms with E-state index in [0.29, 0.717) is 42.6 Å². The van der Waals surface area contributed by atoms with Crippen molar-refractivity contribution in [1.29, 1.82) is 0 Å². The Morgan fingerprint density at radius 3 is 2.73 bits per heavy atom. The maximum absolute atomic E-state index is 13.6. The van der Waals surface area contributed by atoms with Crippen LogP contribution in [0.3, 0.4) is 0 Å². The van der Waals surface area contributed by atoms with Gasteiger partial charge in [-0.2, -0.15) is 0 Å². The molecule has 1 spiro atoms. The second-order valence-corrected chi connectivity index (χ2v) is 8.41. The molecule has 0 aromatic heterocycles. The van der Waals surface area contributed by atoms with Crippen molar-refractivity contribution in [3.05, 3.63) is 47.5 Å². The van der Waals surface area contributed by atoms with Crippen LogP contribution >= 0.6 is 0 Å². The molecule has 1 aliphatic carbocycles. The molecule has 0 bridgehead atoms. The van der Waals surface area contributed by atoms with Crippen LogP contribution in [0.15, 0.2) is 36.4 Å². The number of carbonyl (C=O) groups is 3. The molecular weight excluding hydrogens is 426 g/mol. The molecule has 33 heavy (non-hydrogen) atoms. The van der Waals surface area contributed by atoms with Crippen LogP contribution in [0, 0.1) is 0 Å². The quantitative estimate of drug-likeness (QED) is 0.692. The standard InChI is InChI=1S/C24H25N3O6/c1-14(21(28)25-16-5-8-19-20(13-16)33-11-10-32-19)27-22(29)24(26-23(27)30)9-3-4-15-12-17(31-2)6-7-18(15)24/h5-8,12-14H,3-4,9-11H2,1-2H3,(H,25,28)(H,26,30)/t14-,24+/m0/s1. The van der Waals surface area contributed by atoms with Crippen molar-refractivity contribution in [2.75, 3.05) is 25.6 Å². The Balaban J connectivity index is 1.38. The molecule has 2 aromatic rings. The Morgan fingerprint density at radius 1 is 1.15 bits per heavy atom. The van der Waals surface area contributed by atoms with Crippen LogP contribution in [0.5, 0.6) is 17.2 Å². The molecule has 2 aliphatic heterocycles. The number of rotatable bonds is 4. The van der Waals surface area contributed by atoms with E-state index in [4.69, 9.17) is 14.2 Å². The van der Waals surface area contributed by atoms with E-state index in [2.05, 4.69) is 10.6 Å². The first-order chi connectivity index (χ1) is 15.9. The number of anilines is 1. The van der Waals surface area contributed by atoms with Gasteiger partial charge in [0.15, 0.2) is 11.5 Å². The second kappa shape index (κ2) is 7.99. The first-order valence-corrected chi connectivity index (χ1v) is 11.0. The molecule has 0 saturated carbocycles. The third-order valence-electron chi connectivity index (χ3n) is 6.47. The lowest BCUT2D eigenvalue weighted by Gasteiger charge is -2.34. The molecule has 0 unspecified atom stereocenters. The lowest BCUT2D eigenvalue weighted by Crippen LogP contribution is -2.49. The van der Waals surface area contributed by atoms with Crippen molar-refractivity contribution in [2.24, 2.45) is 0 Å². The van der Waals surface area contributed by atoms with Gasteiger partial charge in [-0.3, -0.25) is 9.59 Å². The van der Waals surface area contributed by atoms with Gasteiger partial charge in [-0.15, -0.1) is 0 Å². The van der Waals surface area contributed by atoms with Gasteiger partial charge in [0.05, 0.1) is 7.11 Å². The minimum Gasteiger partial charge on any atom is -0.497 e. The Morgan fingerprint density at radius 2 is 1.94 bits per heavy atom. The van der Waals surface area contributed by atoms with Crippen molar-refractivity contribution in [1.82, 2.24) is 10.2 Å². The summed E-state index contributed by atoms with van der Waals surface area (Å²) in [6.07, 6.45) is 2.00. The van der Waals surface area contributed by atoms with E-state index in [1.807, 2.05) is 12.1 Å². The highest BCUT2D eigenvalue weighted by molar-refractivity contribution is 6.11. The summed E-state index contributed by atoms with van der Waals surface area (Å²) in [5, 5.41) is 5.65. The lowest BCUT2D eigenvalue weighted by molar-refractivity contribution is -0.137. The summed E-state index contributed by atoms with van der Waals surface area (Å²) in [5.41, 5.74) is 1.05. The average molecular weight is 451 g/mol. The number of fused-ring (bicyclic) bond motifs is 3. The Bertz CT molecular complexity index is 1150. The van der Waals surface area contributed by atoms with Gasteiger partial charge in [0.25, 0.3) is 5.91 Å². The maximum atomic E-state index is 13.6. The van der Waals surface area contributed by atoms with Crippen molar-refractivity contribution in [2.45, 2.75) is 37.8 Å². The summed E-state index contributed by atoms with van der Waals surface area (Å²) in [7, 11) is 1.59. The monoisotopic (exact) mass is 451 g/mol. The Labute approximate surface area is 191 Å². The first kappa shape index (κ1) is 21.1. The molecule has 2 aromatic carbocycles. The largest absolute Gasteiger partial charge is 0.497 e. The zero-order valence-electron chi connectivity index (χ0n) is 18.5. The van der Waals surface area contributed by atoms with Crippen LogP contribution < -0.4 is 24.8 Å². The fourth-order valence-corrected chi connectivity index (χ4v) is 4.78. The van der Waals surface area contributed by atoms with Crippen LogP contribution in [0.25, 0.3) is 0 Å². The number of aryl methyl sites for hydroxylation is 1. The molecule has 2 heterocycles. The second-order valence-electron chi connectivity index (χ2n) is 8.41.